The van der Waals surface area contributed by atoms with Crippen molar-refractivity contribution in [2.45, 2.75) is 84.7 Å². The van der Waals surface area contributed by atoms with Crippen LogP contribution in [0.25, 0.3) is 0 Å². The van der Waals surface area contributed by atoms with Gasteiger partial charge in [0, 0.05) is 25.1 Å². The van der Waals surface area contributed by atoms with Crippen molar-refractivity contribution in [3.63, 3.8) is 0 Å². The van der Waals surface area contributed by atoms with Crippen molar-refractivity contribution in [3.8, 4) is 0 Å². The number of amides is 2. The van der Waals surface area contributed by atoms with E-state index in [1.165, 1.54) is 0 Å². The molecule has 3 N–H and O–H groups in total. The fourth-order valence-electron chi connectivity index (χ4n) is 3.22. The molecule has 7 heteroatoms. The van der Waals surface area contributed by atoms with E-state index in [4.69, 9.17) is 9.47 Å². The van der Waals surface area contributed by atoms with Crippen LogP contribution in [0.5, 0.6) is 0 Å². The molecular formula is C26H42N2O5. The molecule has 1 aromatic rings. The molecule has 33 heavy (non-hydrogen) atoms. The maximum atomic E-state index is 12.4. The van der Waals surface area contributed by atoms with E-state index in [2.05, 4.69) is 17.2 Å². The first-order chi connectivity index (χ1) is 15.5. The Morgan fingerprint density at radius 3 is 2.45 bits per heavy atom. The van der Waals surface area contributed by atoms with Gasteiger partial charge >= 0.3 is 6.09 Å². The third-order valence-corrected chi connectivity index (χ3v) is 4.93. The minimum absolute atomic E-state index is 0.0509. The Labute approximate surface area is 198 Å². The molecule has 3 atom stereocenters. The normalized spacial score (nSPS) is 14.1. The molecule has 186 valence electrons. The van der Waals surface area contributed by atoms with Gasteiger partial charge in [-0.15, -0.1) is 0 Å². The van der Waals surface area contributed by atoms with E-state index in [-0.39, 0.29) is 23.8 Å². The Bertz CT molecular complexity index is 730. The lowest BCUT2D eigenvalue weighted by Crippen LogP contribution is -2.47. The van der Waals surface area contributed by atoms with Crippen LogP contribution in [-0.2, 0) is 20.9 Å². The molecule has 7 nitrogen and oxygen atoms in total. The summed E-state index contributed by atoms with van der Waals surface area (Å²) in [4.78, 5) is 24.6. The van der Waals surface area contributed by atoms with E-state index in [0.717, 1.165) is 18.4 Å². The van der Waals surface area contributed by atoms with Gasteiger partial charge in [0.25, 0.3) is 0 Å². The summed E-state index contributed by atoms with van der Waals surface area (Å²) in [6.07, 6.45) is 0.767. The predicted molar refractivity (Wildman–Crippen MR) is 131 cm³/mol. The lowest BCUT2D eigenvalue weighted by atomic mass is 9.94. The second kappa shape index (κ2) is 14.7. The Balaban J connectivity index is 2.69. The van der Waals surface area contributed by atoms with Crippen molar-refractivity contribution in [1.82, 2.24) is 10.6 Å². The molecule has 0 saturated carbocycles. The van der Waals surface area contributed by atoms with Crippen LogP contribution in [0.15, 0.2) is 42.5 Å². The van der Waals surface area contributed by atoms with Gasteiger partial charge < -0.3 is 25.2 Å². The maximum absolute atomic E-state index is 12.4. The molecule has 0 spiro atoms. The van der Waals surface area contributed by atoms with Crippen LogP contribution in [0.4, 0.5) is 4.79 Å². The Hall–Kier alpha value is -2.38. The average Bonchev–Trinajstić information content (AvgIpc) is 2.72. The first-order valence-electron chi connectivity index (χ1n) is 11.8. The Morgan fingerprint density at radius 2 is 1.85 bits per heavy atom. The highest BCUT2D eigenvalue weighted by Crippen LogP contribution is 2.17. The molecule has 0 heterocycles. The van der Waals surface area contributed by atoms with E-state index in [0.29, 0.717) is 26.2 Å². The summed E-state index contributed by atoms with van der Waals surface area (Å²) < 4.78 is 11.2. The van der Waals surface area contributed by atoms with E-state index in [9.17, 15) is 14.7 Å². The van der Waals surface area contributed by atoms with Gasteiger partial charge in [0.05, 0.1) is 18.8 Å². The number of rotatable bonds is 14. The lowest BCUT2D eigenvalue weighted by Gasteiger charge is -2.29. The summed E-state index contributed by atoms with van der Waals surface area (Å²) in [6, 6.07) is 9.26. The molecular weight excluding hydrogens is 420 g/mol. The van der Waals surface area contributed by atoms with Gasteiger partial charge in [-0.3, -0.25) is 4.79 Å². The topological polar surface area (TPSA) is 96.9 Å². The van der Waals surface area contributed by atoms with Crippen molar-refractivity contribution in [1.29, 1.82) is 0 Å². The minimum atomic E-state index is -0.987. The second-order valence-corrected chi connectivity index (χ2v) is 9.58. The van der Waals surface area contributed by atoms with Gasteiger partial charge in [-0.25, -0.2) is 4.79 Å². The van der Waals surface area contributed by atoms with Crippen LogP contribution in [0.3, 0.4) is 0 Å². The largest absolute Gasteiger partial charge is 0.444 e. The standard InChI is InChI=1S/C26H42N2O5/c1-7-8-14-27-24(30)20(3)16-23(29)22(28-25(31)33-26(4,5)6)15-19(2)17-32-18-21-12-10-9-11-13-21/h9-13,19,22-23,29H,3,7-8,14-18H2,1-2,4-6H3,(H,27,30)(H,28,31)/t19-,22+,23+/m1/s1. The van der Waals surface area contributed by atoms with E-state index in [1.54, 1.807) is 20.8 Å². The van der Waals surface area contributed by atoms with Crippen molar-refractivity contribution >= 4 is 12.0 Å². The number of hydrogen-bond acceptors (Lipinski definition) is 5. The number of nitrogens with one attached hydrogen (secondary N) is 2. The van der Waals surface area contributed by atoms with Crippen LogP contribution in [0.1, 0.15) is 65.9 Å². The van der Waals surface area contributed by atoms with Crippen molar-refractivity contribution in [2.75, 3.05) is 13.2 Å². The number of carbonyl (C=O) groups is 2. The number of carbonyl (C=O) groups excluding carboxylic acids is 2. The zero-order chi connectivity index (χ0) is 24.9. The first kappa shape index (κ1) is 28.7. The van der Waals surface area contributed by atoms with Gasteiger partial charge in [-0.2, -0.15) is 0 Å². The van der Waals surface area contributed by atoms with Gasteiger partial charge in [0.1, 0.15) is 5.60 Å². The van der Waals surface area contributed by atoms with Crippen molar-refractivity contribution in [3.05, 3.63) is 48.0 Å². The second-order valence-electron chi connectivity index (χ2n) is 9.58. The average molecular weight is 463 g/mol. The zero-order valence-electron chi connectivity index (χ0n) is 20.9. The summed E-state index contributed by atoms with van der Waals surface area (Å²) >= 11 is 0. The lowest BCUT2D eigenvalue weighted by molar-refractivity contribution is -0.117. The number of unbranched alkanes of at least 4 members (excludes halogenated alkanes) is 1. The van der Waals surface area contributed by atoms with Crippen molar-refractivity contribution < 1.29 is 24.2 Å². The number of aliphatic hydroxyl groups excluding tert-OH is 1. The number of alkyl carbamates (subject to hydrolysis) is 1. The van der Waals surface area contributed by atoms with E-state index < -0.39 is 23.8 Å². The SMILES string of the molecule is C=C(C[C@H](O)[C@H](C[C@@H](C)COCc1ccccc1)NC(=O)OC(C)(C)C)C(=O)NCCCC. The summed E-state index contributed by atoms with van der Waals surface area (Å²) in [5.41, 5.74) is 0.702. The third-order valence-electron chi connectivity index (χ3n) is 4.93. The van der Waals surface area contributed by atoms with Gasteiger partial charge in [0.15, 0.2) is 0 Å². The summed E-state index contributed by atoms with van der Waals surface area (Å²) in [7, 11) is 0. The fraction of sp³-hybridized carbons (Fsp3) is 0.615. The van der Waals surface area contributed by atoms with Crippen LogP contribution >= 0.6 is 0 Å². The maximum Gasteiger partial charge on any atom is 0.407 e. The highest BCUT2D eigenvalue weighted by Gasteiger charge is 2.27. The highest BCUT2D eigenvalue weighted by atomic mass is 16.6. The van der Waals surface area contributed by atoms with Crippen molar-refractivity contribution in [2.24, 2.45) is 5.92 Å². The molecule has 0 radical (unpaired) electrons. The summed E-state index contributed by atoms with van der Waals surface area (Å²) in [5, 5.41) is 16.4. The molecule has 0 fully saturated rings. The number of aliphatic hydroxyl groups is 1. The predicted octanol–water partition coefficient (Wildman–Crippen LogP) is 4.35. The molecule has 0 aliphatic heterocycles. The van der Waals surface area contributed by atoms with Gasteiger partial charge in [0.2, 0.25) is 5.91 Å². The Morgan fingerprint density at radius 1 is 1.18 bits per heavy atom. The molecule has 0 aliphatic carbocycles. The first-order valence-corrected chi connectivity index (χ1v) is 11.8. The van der Waals surface area contributed by atoms with Crippen LogP contribution in [-0.4, -0.2) is 48.0 Å². The Kier molecular flexibility index (Phi) is 12.8. The number of hydrogen-bond donors (Lipinski definition) is 3. The fourth-order valence-corrected chi connectivity index (χ4v) is 3.22. The molecule has 0 unspecified atom stereocenters. The van der Waals surface area contributed by atoms with Gasteiger partial charge in [-0.05, 0) is 45.1 Å². The molecule has 2 amide bonds. The van der Waals surface area contributed by atoms with E-state index in [1.807, 2.05) is 44.2 Å². The molecule has 0 saturated heterocycles. The summed E-state index contributed by atoms with van der Waals surface area (Å²) in [5.74, 6) is -0.229. The van der Waals surface area contributed by atoms with Crippen LogP contribution < -0.4 is 10.6 Å². The molecule has 0 bridgehead atoms. The highest BCUT2D eigenvalue weighted by molar-refractivity contribution is 5.92. The minimum Gasteiger partial charge on any atom is -0.444 e. The number of benzene rings is 1. The molecule has 1 aromatic carbocycles. The smallest absolute Gasteiger partial charge is 0.407 e. The van der Waals surface area contributed by atoms with E-state index >= 15 is 0 Å². The molecule has 0 aliphatic rings. The molecule has 1 rings (SSSR count). The third kappa shape index (κ3) is 13.0. The van der Waals surface area contributed by atoms with Crippen LogP contribution in [0.2, 0.25) is 0 Å². The number of ether oxygens (including phenoxy) is 2. The summed E-state index contributed by atoms with van der Waals surface area (Å²) in [6.45, 7) is 14.7. The van der Waals surface area contributed by atoms with Crippen LogP contribution in [0, 0.1) is 5.92 Å². The molecule has 0 aromatic heterocycles. The van der Waals surface area contributed by atoms with Gasteiger partial charge in [-0.1, -0.05) is 57.2 Å². The monoisotopic (exact) mass is 462 g/mol. The zero-order valence-corrected chi connectivity index (χ0v) is 20.9. The quantitative estimate of drug-likeness (QED) is 0.282.